The fourth-order valence-electron chi connectivity index (χ4n) is 3.38. The number of methoxy groups -OCH3 is 2. The molecule has 0 saturated carbocycles. The second kappa shape index (κ2) is 8.79. The molecule has 7 heteroatoms. The summed E-state index contributed by atoms with van der Waals surface area (Å²) in [6, 6.07) is 14.6. The first-order valence-electron chi connectivity index (χ1n) is 9.74. The maximum absolute atomic E-state index is 12.8. The predicted molar refractivity (Wildman–Crippen MR) is 118 cm³/mol. The number of nitrogens with one attached hydrogen (secondary N) is 1. The fraction of sp³-hybridized carbons (Fsp3) is 0.167. The number of aryl methyl sites for hydroxylation is 1. The van der Waals surface area contributed by atoms with E-state index in [4.69, 9.17) is 13.9 Å². The molecule has 7 nitrogen and oxygen atoms in total. The van der Waals surface area contributed by atoms with E-state index in [1.807, 2.05) is 60.3 Å². The monoisotopic (exact) mass is 417 g/mol. The third-order valence-corrected chi connectivity index (χ3v) is 4.95. The van der Waals surface area contributed by atoms with Gasteiger partial charge in [-0.25, -0.2) is 4.98 Å². The normalized spacial score (nSPS) is 12.2. The highest BCUT2D eigenvalue weighted by molar-refractivity contribution is 5.92. The molecular formula is C24H23N3O4. The molecule has 0 spiro atoms. The molecule has 1 atom stereocenters. The third-order valence-electron chi connectivity index (χ3n) is 4.95. The van der Waals surface area contributed by atoms with Crippen LogP contribution < -0.4 is 14.8 Å². The number of benzene rings is 2. The molecule has 4 rings (SSSR count). The van der Waals surface area contributed by atoms with Gasteiger partial charge in [0.15, 0.2) is 0 Å². The van der Waals surface area contributed by atoms with Gasteiger partial charge >= 0.3 is 0 Å². The average molecular weight is 417 g/mol. The van der Waals surface area contributed by atoms with Crippen LogP contribution >= 0.6 is 0 Å². The second-order valence-electron chi connectivity index (χ2n) is 7.00. The Morgan fingerprint density at radius 3 is 2.52 bits per heavy atom. The molecule has 158 valence electrons. The molecule has 1 unspecified atom stereocenters. The lowest BCUT2D eigenvalue weighted by Gasteiger charge is -2.20. The van der Waals surface area contributed by atoms with Crippen LogP contribution in [0.3, 0.4) is 0 Å². The molecule has 1 amide bonds. The first-order chi connectivity index (χ1) is 15.1. The molecule has 4 aromatic rings. The smallest absolute Gasteiger partial charge is 0.244 e. The molecule has 0 saturated heterocycles. The van der Waals surface area contributed by atoms with Crippen molar-refractivity contribution in [3.8, 4) is 11.5 Å². The number of amides is 1. The van der Waals surface area contributed by atoms with E-state index in [1.54, 1.807) is 32.6 Å². The Bertz CT molecular complexity index is 1180. The molecule has 0 fully saturated rings. The molecule has 0 aliphatic rings. The maximum atomic E-state index is 12.8. The van der Waals surface area contributed by atoms with Crippen molar-refractivity contribution in [1.82, 2.24) is 14.9 Å². The Balaban J connectivity index is 1.62. The van der Waals surface area contributed by atoms with Gasteiger partial charge in [0, 0.05) is 37.0 Å². The maximum Gasteiger partial charge on any atom is 0.244 e. The number of hydrogen-bond acceptors (Lipinski definition) is 5. The highest BCUT2D eigenvalue weighted by Crippen LogP contribution is 2.29. The van der Waals surface area contributed by atoms with Crippen molar-refractivity contribution in [2.24, 2.45) is 7.05 Å². The average Bonchev–Trinajstić information content (AvgIpc) is 3.41. The summed E-state index contributed by atoms with van der Waals surface area (Å²) in [7, 11) is 5.05. The van der Waals surface area contributed by atoms with E-state index in [1.165, 1.54) is 6.08 Å². The summed E-state index contributed by atoms with van der Waals surface area (Å²) in [5.74, 6) is 2.25. The number of carbonyl (C=O) groups is 1. The quantitative estimate of drug-likeness (QED) is 0.458. The van der Waals surface area contributed by atoms with E-state index < -0.39 is 6.04 Å². The van der Waals surface area contributed by atoms with Gasteiger partial charge in [-0.05, 0) is 35.9 Å². The lowest BCUT2D eigenvalue weighted by molar-refractivity contribution is -0.117. The molecule has 2 heterocycles. The number of furan rings is 1. The van der Waals surface area contributed by atoms with Crippen LogP contribution in [-0.2, 0) is 11.8 Å². The zero-order valence-corrected chi connectivity index (χ0v) is 17.5. The number of rotatable bonds is 7. The largest absolute Gasteiger partial charge is 0.497 e. The number of carbonyl (C=O) groups excluding carboxylic acids is 1. The van der Waals surface area contributed by atoms with Gasteiger partial charge in [0.05, 0.1) is 14.2 Å². The zero-order chi connectivity index (χ0) is 21.8. The molecular weight excluding hydrogens is 394 g/mol. The van der Waals surface area contributed by atoms with Gasteiger partial charge in [-0.2, -0.15) is 0 Å². The van der Waals surface area contributed by atoms with Crippen molar-refractivity contribution in [2.45, 2.75) is 6.04 Å². The van der Waals surface area contributed by atoms with Crippen molar-refractivity contribution in [3.63, 3.8) is 0 Å². The molecule has 0 aliphatic carbocycles. The van der Waals surface area contributed by atoms with E-state index in [2.05, 4.69) is 10.3 Å². The van der Waals surface area contributed by atoms with Crippen LogP contribution in [0.15, 0.2) is 71.4 Å². The Morgan fingerprint density at radius 1 is 1.13 bits per heavy atom. The molecule has 2 aromatic heterocycles. The van der Waals surface area contributed by atoms with E-state index in [9.17, 15) is 4.79 Å². The van der Waals surface area contributed by atoms with E-state index in [-0.39, 0.29) is 5.91 Å². The van der Waals surface area contributed by atoms with E-state index >= 15 is 0 Å². The highest BCUT2D eigenvalue weighted by Gasteiger charge is 2.21. The summed E-state index contributed by atoms with van der Waals surface area (Å²) in [4.78, 5) is 17.2. The van der Waals surface area contributed by atoms with Crippen molar-refractivity contribution >= 4 is 23.0 Å². The van der Waals surface area contributed by atoms with E-state index in [0.717, 1.165) is 16.5 Å². The fourth-order valence-corrected chi connectivity index (χ4v) is 3.38. The van der Waals surface area contributed by atoms with Gasteiger partial charge in [-0.15, -0.1) is 0 Å². The topological polar surface area (TPSA) is 78.5 Å². The minimum Gasteiger partial charge on any atom is -0.497 e. The van der Waals surface area contributed by atoms with Crippen LogP contribution in [0.2, 0.25) is 0 Å². The second-order valence-corrected chi connectivity index (χ2v) is 7.00. The van der Waals surface area contributed by atoms with Crippen molar-refractivity contribution in [3.05, 3.63) is 84.1 Å². The SMILES string of the molecule is COc1cc(OC)cc(C(NC(=O)/C=C/c2cc3ccccc3o2)c2nccn2C)c1. The van der Waals surface area contributed by atoms with Gasteiger partial charge in [0.1, 0.15) is 34.7 Å². The summed E-state index contributed by atoms with van der Waals surface area (Å²) < 4.78 is 18.4. The van der Waals surface area contributed by atoms with Crippen molar-refractivity contribution in [2.75, 3.05) is 14.2 Å². The lowest BCUT2D eigenvalue weighted by Crippen LogP contribution is -2.29. The van der Waals surface area contributed by atoms with Crippen LogP contribution in [0, 0.1) is 0 Å². The molecule has 0 radical (unpaired) electrons. The number of fused-ring (bicyclic) bond motifs is 1. The minimum absolute atomic E-state index is 0.282. The first kappa shape index (κ1) is 20.3. The number of ether oxygens (including phenoxy) is 2. The summed E-state index contributed by atoms with van der Waals surface area (Å²) in [6.45, 7) is 0. The zero-order valence-electron chi connectivity index (χ0n) is 17.5. The Kier molecular flexibility index (Phi) is 5.75. The van der Waals surface area contributed by atoms with Gasteiger partial charge < -0.3 is 23.8 Å². The van der Waals surface area contributed by atoms with Gasteiger partial charge in [-0.3, -0.25) is 4.79 Å². The van der Waals surface area contributed by atoms with Crippen molar-refractivity contribution in [1.29, 1.82) is 0 Å². The number of nitrogens with zero attached hydrogens (tertiary/aromatic N) is 2. The highest BCUT2D eigenvalue weighted by atomic mass is 16.5. The Hall–Kier alpha value is -4.00. The van der Waals surface area contributed by atoms with Crippen LogP contribution in [0.5, 0.6) is 11.5 Å². The summed E-state index contributed by atoms with van der Waals surface area (Å²) in [5.41, 5.74) is 1.56. The molecule has 0 bridgehead atoms. The third kappa shape index (κ3) is 4.45. The van der Waals surface area contributed by atoms with Crippen LogP contribution in [0.4, 0.5) is 0 Å². The summed E-state index contributed by atoms with van der Waals surface area (Å²) >= 11 is 0. The van der Waals surface area contributed by atoms with Gasteiger partial charge in [0.25, 0.3) is 0 Å². The summed E-state index contributed by atoms with van der Waals surface area (Å²) in [5, 5.41) is 4.00. The Morgan fingerprint density at radius 2 is 1.87 bits per heavy atom. The minimum atomic E-state index is -0.503. The van der Waals surface area contributed by atoms with Crippen LogP contribution in [-0.4, -0.2) is 29.7 Å². The van der Waals surface area contributed by atoms with Crippen molar-refractivity contribution < 1.29 is 18.7 Å². The molecule has 1 N–H and O–H groups in total. The molecule has 2 aromatic carbocycles. The van der Waals surface area contributed by atoms with Gasteiger partial charge in [0.2, 0.25) is 5.91 Å². The number of aromatic nitrogens is 2. The number of hydrogen-bond donors (Lipinski definition) is 1. The summed E-state index contributed by atoms with van der Waals surface area (Å²) in [6.07, 6.45) is 6.62. The molecule has 31 heavy (non-hydrogen) atoms. The van der Waals surface area contributed by atoms with E-state index in [0.29, 0.717) is 23.1 Å². The number of para-hydroxylation sites is 1. The first-order valence-corrected chi connectivity index (χ1v) is 9.74. The Labute approximate surface area is 179 Å². The standard InChI is InChI=1S/C24H23N3O4/c1-27-11-10-25-24(27)23(17-13-19(29-2)15-20(14-17)30-3)26-22(28)9-8-18-12-16-6-4-5-7-21(16)31-18/h4-15,23H,1-3H3,(H,26,28)/b9-8+. The predicted octanol–water partition coefficient (Wildman–Crippen LogP) is 4.10. The van der Waals surface area contributed by atoms with Gasteiger partial charge in [-0.1, -0.05) is 18.2 Å². The molecule has 0 aliphatic heterocycles. The van der Waals surface area contributed by atoms with Crippen LogP contribution in [0.1, 0.15) is 23.2 Å². The number of imidazole rings is 1. The lowest BCUT2D eigenvalue weighted by atomic mass is 10.0. The van der Waals surface area contributed by atoms with Crippen LogP contribution in [0.25, 0.3) is 17.0 Å².